The zero-order valence-corrected chi connectivity index (χ0v) is 13.3. The third-order valence-electron chi connectivity index (χ3n) is 3.28. The van der Waals surface area contributed by atoms with Crippen molar-refractivity contribution in [3.05, 3.63) is 33.8 Å². The summed E-state index contributed by atoms with van der Waals surface area (Å²) < 4.78 is 5.74. The van der Waals surface area contributed by atoms with E-state index in [0.717, 1.165) is 22.9 Å². The van der Waals surface area contributed by atoms with Crippen LogP contribution in [0.3, 0.4) is 0 Å². The van der Waals surface area contributed by atoms with Gasteiger partial charge in [-0.25, -0.2) is 0 Å². The number of benzene rings is 1. The Kier molecular flexibility index (Phi) is 4.81. The van der Waals surface area contributed by atoms with Crippen LogP contribution in [0.25, 0.3) is 0 Å². The predicted molar refractivity (Wildman–Crippen MR) is 79.6 cm³/mol. The van der Waals surface area contributed by atoms with Crippen molar-refractivity contribution in [2.75, 3.05) is 13.2 Å². The van der Waals surface area contributed by atoms with E-state index >= 15 is 0 Å². The average Bonchev–Trinajstić information content (AvgIpc) is 3.23. The Morgan fingerprint density at radius 3 is 2.70 bits per heavy atom. The van der Waals surface area contributed by atoms with Crippen LogP contribution in [-0.4, -0.2) is 36.0 Å². The largest absolute Gasteiger partial charge is 0.465 e. The van der Waals surface area contributed by atoms with Crippen molar-refractivity contribution in [2.24, 2.45) is 0 Å². The fourth-order valence-electron chi connectivity index (χ4n) is 2.07. The first-order chi connectivity index (χ1) is 9.54. The molecule has 0 spiro atoms. The minimum Gasteiger partial charge on any atom is -0.465 e. The van der Waals surface area contributed by atoms with Gasteiger partial charge in [0.1, 0.15) is 6.54 Å². The van der Waals surface area contributed by atoms with Crippen molar-refractivity contribution < 1.29 is 14.3 Å². The van der Waals surface area contributed by atoms with Crippen LogP contribution in [0, 0.1) is 6.92 Å². The molecule has 0 N–H and O–H groups in total. The van der Waals surface area contributed by atoms with E-state index < -0.39 is 0 Å². The molecule has 1 aromatic rings. The number of carbonyl (C=O) groups excluding carboxylic acids is 2. The molecule has 1 aromatic carbocycles. The molecule has 0 bridgehead atoms. The van der Waals surface area contributed by atoms with Gasteiger partial charge in [0.2, 0.25) is 0 Å². The minimum atomic E-state index is -0.350. The molecule has 0 aliphatic heterocycles. The van der Waals surface area contributed by atoms with Gasteiger partial charge in [0.15, 0.2) is 0 Å². The number of amides is 1. The van der Waals surface area contributed by atoms with Crippen LogP contribution in [0.1, 0.15) is 35.7 Å². The average molecular weight is 340 g/mol. The highest BCUT2D eigenvalue weighted by Gasteiger charge is 2.35. The quantitative estimate of drug-likeness (QED) is 0.775. The van der Waals surface area contributed by atoms with Crippen molar-refractivity contribution in [3.8, 4) is 0 Å². The van der Waals surface area contributed by atoms with E-state index in [1.807, 2.05) is 19.1 Å². The van der Waals surface area contributed by atoms with Crippen LogP contribution in [0.2, 0.25) is 0 Å². The summed E-state index contributed by atoms with van der Waals surface area (Å²) in [6.07, 6.45) is 1.91. The summed E-state index contributed by atoms with van der Waals surface area (Å²) in [5, 5.41) is 0. The smallest absolute Gasteiger partial charge is 0.325 e. The molecule has 0 saturated heterocycles. The van der Waals surface area contributed by atoms with E-state index in [1.165, 1.54) is 0 Å². The van der Waals surface area contributed by atoms with E-state index in [-0.39, 0.29) is 24.5 Å². The highest BCUT2D eigenvalue weighted by molar-refractivity contribution is 9.10. The minimum absolute atomic E-state index is 0.0255. The third kappa shape index (κ3) is 3.39. The molecule has 4 nitrogen and oxygen atoms in total. The molecule has 1 fully saturated rings. The second kappa shape index (κ2) is 6.39. The molecular weight excluding hydrogens is 322 g/mol. The van der Waals surface area contributed by atoms with Gasteiger partial charge in [0, 0.05) is 10.5 Å². The van der Waals surface area contributed by atoms with Crippen LogP contribution in [0.15, 0.2) is 22.7 Å². The number of ether oxygens (including phenoxy) is 1. The Morgan fingerprint density at radius 2 is 2.10 bits per heavy atom. The van der Waals surface area contributed by atoms with Gasteiger partial charge in [-0.2, -0.15) is 0 Å². The molecule has 0 atom stereocenters. The third-order valence-corrected chi connectivity index (χ3v) is 4.33. The molecule has 1 amide bonds. The zero-order chi connectivity index (χ0) is 14.7. The van der Waals surface area contributed by atoms with Crippen molar-refractivity contribution in [3.63, 3.8) is 0 Å². The Labute approximate surface area is 127 Å². The lowest BCUT2D eigenvalue weighted by atomic mass is 10.1. The second-order valence-electron chi connectivity index (χ2n) is 4.91. The summed E-state index contributed by atoms with van der Waals surface area (Å²) in [7, 11) is 0. The first-order valence-electron chi connectivity index (χ1n) is 6.76. The fraction of sp³-hybridized carbons (Fsp3) is 0.467. The lowest BCUT2D eigenvalue weighted by Gasteiger charge is -2.22. The van der Waals surface area contributed by atoms with Crippen molar-refractivity contribution >= 4 is 27.8 Å². The van der Waals surface area contributed by atoms with E-state index in [4.69, 9.17) is 4.74 Å². The summed E-state index contributed by atoms with van der Waals surface area (Å²) in [6.45, 7) is 4.06. The van der Waals surface area contributed by atoms with Crippen LogP contribution in [0.4, 0.5) is 0 Å². The molecule has 1 saturated carbocycles. The summed E-state index contributed by atoms with van der Waals surface area (Å²) >= 11 is 3.45. The number of hydrogen-bond acceptors (Lipinski definition) is 3. The maximum Gasteiger partial charge on any atom is 0.325 e. The molecule has 108 valence electrons. The highest BCUT2D eigenvalue weighted by Crippen LogP contribution is 2.30. The normalized spacial score (nSPS) is 13.9. The number of halogens is 1. The summed E-state index contributed by atoms with van der Waals surface area (Å²) in [5.41, 5.74) is 1.60. The van der Waals surface area contributed by atoms with E-state index in [9.17, 15) is 9.59 Å². The number of rotatable bonds is 5. The lowest BCUT2D eigenvalue weighted by Crippen LogP contribution is -2.38. The van der Waals surface area contributed by atoms with Crippen molar-refractivity contribution in [1.29, 1.82) is 0 Å². The van der Waals surface area contributed by atoms with Crippen LogP contribution in [0.5, 0.6) is 0 Å². The van der Waals surface area contributed by atoms with Crippen LogP contribution in [-0.2, 0) is 9.53 Å². The fourth-order valence-corrected chi connectivity index (χ4v) is 2.50. The van der Waals surface area contributed by atoms with Gasteiger partial charge in [-0.3, -0.25) is 9.59 Å². The van der Waals surface area contributed by atoms with Gasteiger partial charge in [-0.1, -0.05) is 12.1 Å². The van der Waals surface area contributed by atoms with Gasteiger partial charge in [0.25, 0.3) is 5.91 Å². The molecule has 20 heavy (non-hydrogen) atoms. The first-order valence-corrected chi connectivity index (χ1v) is 7.55. The molecular formula is C15H18BrNO3. The predicted octanol–water partition coefficient (Wildman–Crippen LogP) is 2.93. The Bertz CT molecular complexity index is 526. The molecule has 0 heterocycles. The molecule has 1 aliphatic carbocycles. The molecule has 2 rings (SSSR count). The number of esters is 1. The van der Waals surface area contributed by atoms with Crippen LogP contribution < -0.4 is 0 Å². The topological polar surface area (TPSA) is 46.6 Å². The first kappa shape index (κ1) is 15.0. The monoisotopic (exact) mass is 339 g/mol. The van der Waals surface area contributed by atoms with Gasteiger partial charge >= 0.3 is 5.97 Å². The number of hydrogen-bond donors (Lipinski definition) is 0. The van der Waals surface area contributed by atoms with Crippen molar-refractivity contribution in [1.82, 2.24) is 4.90 Å². The van der Waals surface area contributed by atoms with Gasteiger partial charge < -0.3 is 9.64 Å². The van der Waals surface area contributed by atoms with E-state index in [2.05, 4.69) is 15.9 Å². The Hall–Kier alpha value is -1.36. The Morgan fingerprint density at radius 1 is 1.40 bits per heavy atom. The number of nitrogens with zero attached hydrogens (tertiary/aromatic N) is 1. The molecule has 0 radical (unpaired) electrons. The molecule has 0 aromatic heterocycles. The standard InChI is InChI=1S/C15H18BrNO3/c1-3-20-13(18)9-17(11-7-8-11)15(19)12-6-4-5-10(2)14(12)16/h4-6,11H,3,7-9H2,1-2H3. The van der Waals surface area contributed by atoms with Crippen LogP contribution >= 0.6 is 15.9 Å². The zero-order valence-electron chi connectivity index (χ0n) is 11.7. The maximum absolute atomic E-state index is 12.6. The van der Waals surface area contributed by atoms with E-state index in [1.54, 1.807) is 17.9 Å². The van der Waals surface area contributed by atoms with Gasteiger partial charge in [-0.15, -0.1) is 0 Å². The summed E-state index contributed by atoms with van der Waals surface area (Å²) in [6, 6.07) is 5.73. The lowest BCUT2D eigenvalue weighted by molar-refractivity contribution is -0.144. The second-order valence-corrected chi connectivity index (χ2v) is 5.70. The molecule has 1 aliphatic rings. The Balaban J connectivity index is 2.19. The van der Waals surface area contributed by atoms with E-state index in [0.29, 0.717) is 12.2 Å². The van der Waals surface area contributed by atoms with Crippen molar-refractivity contribution in [2.45, 2.75) is 32.7 Å². The highest BCUT2D eigenvalue weighted by atomic mass is 79.9. The van der Waals surface area contributed by atoms with Gasteiger partial charge in [-0.05, 0) is 54.2 Å². The number of carbonyl (C=O) groups is 2. The molecule has 5 heteroatoms. The van der Waals surface area contributed by atoms with Gasteiger partial charge in [0.05, 0.1) is 12.2 Å². The summed E-state index contributed by atoms with van der Waals surface area (Å²) in [5.74, 6) is -0.465. The summed E-state index contributed by atoms with van der Waals surface area (Å²) in [4.78, 5) is 25.9. The SMILES string of the molecule is CCOC(=O)CN(C(=O)c1cccc(C)c1Br)C1CC1. The molecule has 0 unspecified atom stereocenters. The maximum atomic E-state index is 12.6. The number of aryl methyl sites for hydroxylation is 1.